The number of hydrogen-bond donors (Lipinski definition) is 2. The average molecular weight is 1120 g/mol. The maximum atomic E-state index is 7.50. The second kappa shape index (κ2) is 31.9. The predicted octanol–water partition coefficient (Wildman–Crippen LogP) is 15.4. The first kappa shape index (κ1) is 60.9. The van der Waals surface area contributed by atoms with E-state index in [1.165, 1.54) is 25.7 Å². The zero-order chi connectivity index (χ0) is 50.4. The number of ether oxygens (including phenoxy) is 2. The van der Waals surface area contributed by atoms with Gasteiger partial charge in [0.05, 0.1) is 22.8 Å². The second-order valence-corrected chi connectivity index (χ2v) is 16.9. The summed E-state index contributed by atoms with van der Waals surface area (Å²) in [6.07, 6.45) is 13.4. The summed E-state index contributed by atoms with van der Waals surface area (Å²) >= 11 is 25.5. The van der Waals surface area contributed by atoms with Crippen LogP contribution in [0.4, 0.5) is 0 Å². The van der Waals surface area contributed by atoms with Crippen molar-refractivity contribution in [3.05, 3.63) is 191 Å². The molecule has 2 N–H and O–H groups in total. The molecule has 0 atom stereocenters. The molecule has 4 aromatic carbocycles. The molecule has 0 unspecified atom stereocenters. The van der Waals surface area contributed by atoms with Gasteiger partial charge in [-0.25, -0.2) is 9.97 Å². The van der Waals surface area contributed by atoms with E-state index in [0.717, 1.165) is 116 Å². The molecule has 8 bridgehead atoms. The summed E-state index contributed by atoms with van der Waals surface area (Å²) < 4.78 is 39.9. The van der Waals surface area contributed by atoms with Gasteiger partial charge in [0.2, 0.25) is 0 Å². The third-order valence-electron chi connectivity index (χ3n) is 10.9. The second-order valence-electron chi connectivity index (χ2n) is 15.2. The first-order valence-corrected chi connectivity index (χ1v) is 23.1. The fourth-order valence-electron chi connectivity index (χ4n) is 7.91. The van der Waals surface area contributed by atoms with Gasteiger partial charge < -0.3 is 19.4 Å². The maximum Gasteiger partial charge on any atom is 3.00 e. The van der Waals surface area contributed by atoms with Gasteiger partial charge >= 0.3 is 79.4 Å². The van der Waals surface area contributed by atoms with Gasteiger partial charge in [0.25, 0.3) is 0 Å². The van der Waals surface area contributed by atoms with Crippen LogP contribution in [0.1, 0.15) is 48.5 Å². The molecule has 4 aliphatic rings. The van der Waals surface area contributed by atoms with Crippen LogP contribution in [0.2, 0.25) is 20.1 Å². The van der Waals surface area contributed by atoms with Crippen LogP contribution in [0.25, 0.3) is 90.9 Å². The Kier molecular flexibility index (Phi) is 27.0. The Morgan fingerprint density at radius 1 is 0.347 bits per heavy atom. The van der Waals surface area contributed by atoms with Crippen molar-refractivity contribution in [2.45, 2.75) is 25.7 Å². The summed E-state index contributed by atoms with van der Waals surface area (Å²) in [5, 5.41) is 2.64. The van der Waals surface area contributed by atoms with E-state index in [1.54, 1.807) is 0 Å². The number of nitrogens with zero attached hydrogens (tertiary/aromatic N) is 2. The quantitative estimate of drug-likeness (QED) is 0.133. The van der Waals surface area contributed by atoms with Crippen LogP contribution in [-0.4, -0.2) is 46.4 Å². The van der Waals surface area contributed by atoms with E-state index in [1.807, 2.05) is 97.1 Å². The van der Waals surface area contributed by atoms with Crippen molar-refractivity contribution in [2.75, 3.05) is 26.4 Å². The zero-order valence-corrected chi connectivity index (χ0v) is 43.5. The molecule has 11 rings (SSSR count). The molecule has 72 heavy (non-hydrogen) atoms. The minimum absolute atomic E-state index is 0. The molecular formula is C56H42Cl4CoCrN4O6+6. The number of aromatic amines is 2. The van der Waals surface area contributed by atoms with Crippen LogP contribution < -0.4 is 0 Å². The average Bonchev–Trinajstić information content (AvgIpc) is 4.27. The van der Waals surface area contributed by atoms with E-state index >= 15 is 0 Å². The molecule has 1 radical (unpaired) electrons. The standard InChI is InChI=1S/C44H26Cl4N4.2C4H8O.4CO.Co.Cr/c45-29-9-1-25(2-10-29)41-33-17-19-35(49-33)42(26-3-11-30(46)12-4-26)37-21-23-39(51-37)44(28-7-15-32(48)16-8-28)40-24-22-38(52-40)43(36-20-18-34(41)50-36)27-5-13-31(47)14-6-27;2*1-2-4-5-3-1;4*1-2;;/h1-24,49,52H;2*1-4H2;;;;;;/q;;;;;;;2*+3. The summed E-state index contributed by atoms with van der Waals surface area (Å²) in [5.41, 5.74) is 14.5. The van der Waals surface area contributed by atoms with E-state index in [9.17, 15) is 0 Å². The van der Waals surface area contributed by atoms with E-state index in [2.05, 4.69) is 85.1 Å². The predicted molar refractivity (Wildman–Crippen MR) is 276 cm³/mol. The number of fused-ring (bicyclic) bond motifs is 8. The molecule has 0 amide bonds. The molecule has 2 saturated heterocycles. The Labute approximate surface area is 459 Å². The Morgan fingerprint density at radius 2 is 0.542 bits per heavy atom. The third kappa shape index (κ3) is 15.8. The molecule has 16 heteroatoms. The summed E-state index contributed by atoms with van der Waals surface area (Å²) in [5.74, 6) is 0. The number of hydrogen-bond acceptors (Lipinski definition) is 4. The molecule has 0 spiro atoms. The normalized spacial score (nSPS) is 12.2. The van der Waals surface area contributed by atoms with Crippen molar-refractivity contribution in [3.8, 4) is 44.5 Å². The zero-order valence-electron chi connectivity index (χ0n) is 38.1. The number of H-pyrrole nitrogens is 2. The number of benzene rings is 4. The van der Waals surface area contributed by atoms with Gasteiger partial charge in [-0.05, 0) is 145 Å². The molecule has 7 heterocycles. The van der Waals surface area contributed by atoms with Crippen LogP contribution in [-0.2, 0) is 62.2 Å². The number of halogens is 4. The fourth-order valence-corrected chi connectivity index (χ4v) is 8.41. The Bertz CT molecular complexity index is 2740. The first-order valence-electron chi connectivity index (χ1n) is 21.5. The Morgan fingerprint density at radius 3 is 0.708 bits per heavy atom. The van der Waals surface area contributed by atoms with Gasteiger partial charge in [0.1, 0.15) is 0 Å². The molecular weight excluding hydrogens is 1080 g/mol. The maximum absolute atomic E-state index is 7.50. The topological polar surface area (TPSA) is 155 Å². The Balaban J connectivity index is 0.000000593. The minimum atomic E-state index is 0. The smallest absolute Gasteiger partial charge is 3.00 e. The molecule has 4 aliphatic heterocycles. The van der Waals surface area contributed by atoms with E-state index in [0.29, 0.717) is 20.1 Å². The van der Waals surface area contributed by atoms with Crippen LogP contribution in [0, 0.1) is 26.6 Å². The molecule has 2 fully saturated rings. The first-order chi connectivity index (χ1) is 34.4. The SMILES string of the molecule is C1CCOC1.C1CCOC1.Clc1ccc(-c2c3nc(c(-c4ccc(Cl)cc4)c4ccc([nH]4)c(-c4ccc(Cl)cc4)c4nc(c(-c5ccc(Cl)cc5)c5ccc2[nH]5)C=C4)C=C3)cc1.[C-]#[O+].[C-]#[O+].[C-]#[O+].[C-]#[O+].[Co+3].[Cr+3]. The van der Waals surface area contributed by atoms with Gasteiger partial charge in [0, 0.05) is 90.8 Å². The number of aromatic nitrogens is 4. The van der Waals surface area contributed by atoms with Gasteiger partial charge in [-0.1, -0.05) is 94.9 Å². The fraction of sp³-hybridized carbons (Fsp3) is 0.143. The minimum Gasteiger partial charge on any atom is 3.00 e. The molecule has 0 aliphatic carbocycles. The van der Waals surface area contributed by atoms with Gasteiger partial charge in [-0.3, -0.25) is 0 Å². The van der Waals surface area contributed by atoms with Crippen molar-refractivity contribution in [1.29, 1.82) is 0 Å². The molecule has 7 aromatic rings. The van der Waals surface area contributed by atoms with Crippen molar-refractivity contribution < 1.29 is 62.2 Å². The van der Waals surface area contributed by atoms with Crippen molar-refractivity contribution in [3.63, 3.8) is 0 Å². The van der Waals surface area contributed by atoms with Gasteiger partial charge in [0.15, 0.2) is 0 Å². The van der Waals surface area contributed by atoms with E-state index in [4.69, 9.17) is 84.5 Å². The van der Waals surface area contributed by atoms with Crippen LogP contribution in [0.15, 0.2) is 121 Å². The van der Waals surface area contributed by atoms with Crippen molar-refractivity contribution >= 4 is 92.8 Å². The molecule has 10 nitrogen and oxygen atoms in total. The third-order valence-corrected chi connectivity index (χ3v) is 11.9. The van der Waals surface area contributed by atoms with Crippen LogP contribution >= 0.6 is 46.4 Å². The van der Waals surface area contributed by atoms with Crippen LogP contribution in [0.5, 0.6) is 0 Å². The number of nitrogens with one attached hydrogen (secondary N) is 2. The largest absolute Gasteiger partial charge is 3.00 e. The summed E-state index contributed by atoms with van der Waals surface area (Å²) in [6.45, 7) is 22.0. The number of rotatable bonds is 4. The summed E-state index contributed by atoms with van der Waals surface area (Å²) in [4.78, 5) is 18.1. The van der Waals surface area contributed by atoms with Crippen molar-refractivity contribution in [2.24, 2.45) is 0 Å². The molecule has 3 aromatic heterocycles. The summed E-state index contributed by atoms with van der Waals surface area (Å²) in [7, 11) is 0. The van der Waals surface area contributed by atoms with Gasteiger partial charge in [-0.2, -0.15) is 0 Å². The monoisotopic (exact) mass is 1120 g/mol. The Hall–Kier alpha value is -5.44. The van der Waals surface area contributed by atoms with E-state index in [-0.39, 0.29) is 34.1 Å². The summed E-state index contributed by atoms with van der Waals surface area (Å²) in [6, 6.07) is 39.8. The van der Waals surface area contributed by atoms with Gasteiger partial charge in [-0.15, -0.1) is 0 Å². The molecule has 359 valence electrons. The van der Waals surface area contributed by atoms with E-state index < -0.39 is 0 Å². The molecule has 0 saturated carbocycles. The van der Waals surface area contributed by atoms with Crippen LogP contribution in [0.3, 0.4) is 0 Å². The van der Waals surface area contributed by atoms with Crippen molar-refractivity contribution in [1.82, 2.24) is 19.9 Å².